The molecule has 1 heterocycles. The van der Waals surface area contributed by atoms with Crippen LogP contribution in [0.4, 0.5) is 0 Å². The molecule has 0 bridgehead atoms. The Morgan fingerprint density at radius 3 is 2.54 bits per heavy atom. The predicted molar refractivity (Wildman–Crippen MR) is 89.8 cm³/mol. The Kier molecular flexibility index (Phi) is 5.82. The van der Waals surface area contributed by atoms with Crippen LogP contribution in [0.15, 0.2) is 24.3 Å². The van der Waals surface area contributed by atoms with Crippen LogP contribution < -0.4 is 10.1 Å². The summed E-state index contributed by atoms with van der Waals surface area (Å²) in [5, 5.41) is 1.75. The second-order valence-electron chi connectivity index (χ2n) is 5.70. The number of piperidine rings is 1. The molecule has 132 valence electrons. The van der Waals surface area contributed by atoms with Gasteiger partial charge < -0.3 is 15.0 Å². The van der Waals surface area contributed by atoms with Crippen molar-refractivity contribution in [1.29, 1.82) is 0 Å². The standard InChI is InChI=1S/C16H22N2O5S/c1-17-15(19)11-24(21,22)14-6-8-18(9-7-14)16(20)12-4-3-5-13(10-12)23-2/h3-5,10,14H,6-9,11H2,1-2H3,(H,17,19). The minimum absolute atomic E-state index is 0.143. The van der Waals surface area contributed by atoms with Crippen LogP contribution in [-0.4, -0.2) is 63.4 Å². The van der Waals surface area contributed by atoms with Gasteiger partial charge in [-0.1, -0.05) is 6.07 Å². The lowest BCUT2D eigenvalue weighted by atomic mass is 10.1. The van der Waals surface area contributed by atoms with Crippen molar-refractivity contribution in [2.75, 3.05) is 33.0 Å². The Labute approximate surface area is 141 Å². The number of hydrogen-bond acceptors (Lipinski definition) is 5. The van der Waals surface area contributed by atoms with Gasteiger partial charge in [0.25, 0.3) is 5.91 Å². The van der Waals surface area contributed by atoms with Crippen LogP contribution in [0.5, 0.6) is 5.75 Å². The zero-order chi connectivity index (χ0) is 17.7. The van der Waals surface area contributed by atoms with Crippen molar-refractivity contribution in [3.05, 3.63) is 29.8 Å². The minimum Gasteiger partial charge on any atom is -0.497 e. The van der Waals surface area contributed by atoms with Gasteiger partial charge in [-0.15, -0.1) is 0 Å². The second kappa shape index (κ2) is 7.65. The first-order valence-corrected chi connectivity index (χ1v) is 9.44. The molecule has 0 aliphatic carbocycles. The SMILES string of the molecule is CNC(=O)CS(=O)(=O)C1CCN(C(=O)c2cccc(OC)c2)CC1. The van der Waals surface area contributed by atoms with Gasteiger partial charge in [-0.05, 0) is 31.0 Å². The second-order valence-corrected chi connectivity index (χ2v) is 7.98. The average molecular weight is 354 g/mol. The van der Waals surface area contributed by atoms with E-state index in [0.29, 0.717) is 37.2 Å². The number of amides is 2. The van der Waals surface area contributed by atoms with Crippen molar-refractivity contribution in [1.82, 2.24) is 10.2 Å². The molecular formula is C16H22N2O5S. The number of nitrogens with zero attached hydrogens (tertiary/aromatic N) is 1. The molecule has 8 heteroatoms. The molecule has 1 aliphatic heterocycles. The van der Waals surface area contributed by atoms with E-state index in [-0.39, 0.29) is 5.91 Å². The normalized spacial score (nSPS) is 15.8. The Morgan fingerprint density at radius 2 is 1.96 bits per heavy atom. The molecule has 24 heavy (non-hydrogen) atoms. The van der Waals surface area contributed by atoms with Crippen LogP contribution in [0.2, 0.25) is 0 Å². The highest BCUT2D eigenvalue weighted by Gasteiger charge is 2.33. The van der Waals surface area contributed by atoms with Gasteiger partial charge in [-0.25, -0.2) is 8.42 Å². The lowest BCUT2D eigenvalue weighted by Crippen LogP contribution is -2.44. The molecule has 0 radical (unpaired) electrons. The first-order valence-electron chi connectivity index (χ1n) is 7.73. The molecule has 0 aromatic heterocycles. The van der Waals surface area contributed by atoms with Crippen LogP contribution in [0.25, 0.3) is 0 Å². The summed E-state index contributed by atoms with van der Waals surface area (Å²) in [6.45, 7) is 0.710. The lowest BCUT2D eigenvalue weighted by Gasteiger charge is -2.31. The number of likely N-dealkylation sites (tertiary alicyclic amines) is 1. The van der Waals surface area contributed by atoms with Crippen molar-refractivity contribution in [2.45, 2.75) is 18.1 Å². The Morgan fingerprint density at radius 1 is 1.29 bits per heavy atom. The summed E-state index contributed by atoms with van der Waals surface area (Å²) in [7, 11) is -0.545. The van der Waals surface area contributed by atoms with E-state index >= 15 is 0 Å². The summed E-state index contributed by atoms with van der Waals surface area (Å²) in [6.07, 6.45) is 0.685. The maximum absolute atomic E-state index is 12.5. The molecule has 2 amide bonds. The first kappa shape index (κ1) is 18.3. The fourth-order valence-electron chi connectivity index (χ4n) is 2.73. The van der Waals surface area contributed by atoms with Crippen LogP contribution in [0.3, 0.4) is 0 Å². The van der Waals surface area contributed by atoms with E-state index in [4.69, 9.17) is 4.74 Å². The molecule has 0 unspecified atom stereocenters. The van der Waals surface area contributed by atoms with Gasteiger partial charge >= 0.3 is 0 Å². The van der Waals surface area contributed by atoms with E-state index in [2.05, 4.69) is 5.32 Å². The molecule has 1 aromatic rings. The van der Waals surface area contributed by atoms with Gasteiger partial charge in [0.2, 0.25) is 5.91 Å². The maximum Gasteiger partial charge on any atom is 0.253 e. The Hall–Kier alpha value is -2.09. The van der Waals surface area contributed by atoms with Gasteiger partial charge in [0.1, 0.15) is 11.5 Å². The number of sulfone groups is 1. The molecule has 1 aromatic carbocycles. The molecule has 0 spiro atoms. The number of nitrogens with one attached hydrogen (secondary N) is 1. The molecule has 0 saturated carbocycles. The molecule has 1 N–H and O–H groups in total. The molecule has 0 atom stereocenters. The summed E-state index contributed by atoms with van der Waals surface area (Å²) in [6, 6.07) is 6.87. The summed E-state index contributed by atoms with van der Waals surface area (Å²) >= 11 is 0. The van der Waals surface area contributed by atoms with E-state index in [9.17, 15) is 18.0 Å². The van der Waals surface area contributed by atoms with E-state index in [1.54, 1.807) is 29.2 Å². The highest BCUT2D eigenvalue weighted by Crippen LogP contribution is 2.21. The van der Waals surface area contributed by atoms with E-state index < -0.39 is 26.7 Å². The van der Waals surface area contributed by atoms with Crippen LogP contribution in [0.1, 0.15) is 23.2 Å². The first-order chi connectivity index (χ1) is 11.4. The highest BCUT2D eigenvalue weighted by molar-refractivity contribution is 7.92. The smallest absolute Gasteiger partial charge is 0.253 e. The average Bonchev–Trinajstić information content (AvgIpc) is 2.60. The van der Waals surface area contributed by atoms with Crippen LogP contribution >= 0.6 is 0 Å². The molecular weight excluding hydrogens is 332 g/mol. The third kappa shape index (κ3) is 4.25. The highest BCUT2D eigenvalue weighted by atomic mass is 32.2. The third-order valence-corrected chi connectivity index (χ3v) is 6.32. The third-order valence-electron chi connectivity index (χ3n) is 4.16. The van der Waals surface area contributed by atoms with Crippen molar-refractivity contribution in [3.63, 3.8) is 0 Å². The summed E-state index contributed by atoms with van der Waals surface area (Å²) < 4.78 is 29.5. The van der Waals surface area contributed by atoms with Crippen molar-refractivity contribution < 1.29 is 22.7 Å². The molecule has 7 nitrogen and oxygen atoms in total. The Balaban J connectivity index is 1.99. The monoisotopic (exact) mass is 354 g/mol. The van der Waals surface area contributed by atoms with Crippen molar-refractivity contribution >= 4 is 21.7 Å². The molecule has 1 saturated heterocycles. The number of ether oxygens (including phenoxy) is 1. The summed E-state index contributed by atoms with van der Waals surface area (Å²) in [5.74, 6) is -0.553. The van der Waals surface area contributed by atoms with Gasteiger partial charge in [0.15, 0.2) is 9.84 Å². The summed E-state index contributed by atoms with van der Waals surface area (Å²) in [5.41, 5.74) is 0.515. The number of carbonyl (C=O) groups excluding carboxylic acids is 2. The van der Waals surface area contributed by atoms with Crippen molar-refractivity contribution in [3.8, 4) is 5.75 Å². The largest absolute Gasteiger partial charge is 0.497 e. The molecule has 2 rings (SSSR count). The summed E-state index contributed by atoms with van der Waals surface area (Å²) in [4.78, 5) is 25.5. The van der Waals surface area contributed by atoms with Gasteiger partial charge in [0, 0.05) is 25.7 Å². The van der Waals surface area contributed by atoms with E-state index in [0.717, 1.165) is 0 Å². The predicted octanol–water partition coefficient (Wildman–Crippen LogP) is 0.461. The van der Waals surface area contributed by atoms with Gasteiger partial charge in [-0.2, -0.15) is 0 Å². The number of hydrogen-bond donors (Lipinski definition) is 1. The van der Waals surface area contributed by atoms with Gasteiger partial charge in [0.05, 0.1) is 12.4 Å². The molecule has 1 aliphatic rings. The van der Waals surface area contributed by atoms with Crippen LogP contribution in [-0.2, 0) is 14.6 Å². The van der Waals surface area contributed by atoms with Crippen molar-refractivity contribution in [2.24, 2.45) is 0 Å². The Bertz CT molecular complexity index is 709. The fraction of sp³-hybridized carbons (Fsp3) is 0.500. The zero-order valence-corrected chi connectivity index (χ0v) is 14.6. The van der Waals surface area contributed by atoms with Crippen LogP contribution in [0, 0.1) is 0 Å². The number of methoxy groups -OCH3 is 1. The minimum atomic E-state index is -3.49. The fourth-order valence-corrected chi connectivity index (χ4v) is 4.40. The number of carbonyl (C=O) groups is 2. The zero-order valence-electron chi connectivity index (χ0n) is 13.8. The number of rotatable bonds is 5. The van der Waals surface area contributed by atoms with Gasteiger partial charge in [-0.3, -0.25) is 9.59 Å². The lowest BCUT2D eigenvalue weighted by molar-refractivity contribution is -0.118. The maximum atomic E-state index is 12.5. The van der Waals surface area contributed by atoms with E-state index in [1.807, 2.05) is 0 Å². The van der Waals surface area contributed by atoms with E-state index in [1.165, 1.54) is 14.2 Å². The molecule has 1 fully saturated rings. The topological polar surface area (TPSA) is 92.8 Å². The quantitative estimate of drug-likeness (QED) is 0.829. The number of benzene rings is 1.